The molecule has 0 saturated heterocycles. The summed E-state index contributed by atoms with van der Waals surface area (Å²) in [5, 5.41) is 0. The molecule has 0 N–H and O–H groups in total. The van der Waals surface area contributed by atoms with E-state index in [0.29, 0.717) is 5.78 Å². The second-order valence-corrected chi connectivity index (χ2v) is 11.1. The fourth-order valence-corrected chi connectivity index (χ4v) is 2.99. The first-order valence-electron chi connectivity index (χ1n) is 7.12. The van der Waals surface area contributed by atoms with Gasteiger partial charge < -0.3 is 0 Å². The third-order valence-corrected chi connectivity index (χ3v) is 4.34. The lowest BCUT2D eigenvalue weighted by Gasteiger charge is -2.22. The normalized spacial score (nSPS) is 19.7. The van der Waals surface area contributed by atoms with Crippen LogP contribution in [0, 0.1) is 11.5 Å². The van der Waals surface area contributed by atoms with Gasteiger partial charge in [0.2, 0.25) is 0 Å². The van der Waals surface area contributed by atoms with Gasteiger partial charge in [-0.05, 0) is 24.5 Å². The highest BCUT2D eigenvalue weighted by atomic mass is 28.3. The number of hydrogen-bond donors (Lipinski definition) is 0. The molecule has 1 aromatic rings. The van der Waals surface area contributed by atoms with Crippen molar-refractivity contribution in [1.82, 2.24) is 0 Å². The van der Waals surface area contributed by atoms with Crippen LogP contribution in [0.25, 0.3) is 0 Å². The van der Waals surface area contributed by atoms with Crippen molar-refractivity contribution in [3.8, 4) is 11.5 Å². The third kappa shape index (κ3) is 3.81. The molecule has 0 spiro atoms. The number of rotatable bonds is 1. The standard InChI is InChI=1S/C17H22OSi/c1-19(2,3)13-12-14-8-4-5-9-15(14)16-10-6-7-11-17(16)18/h4-5,8-9,16H,6-7,10-11H2,1-3H3. The number of benzene rings is 1. The van der Waals surface area contributed by atoms with Crippen LogP contribution in [0.5, 0.6) is 0 Å². The molecular weight excluding hydrogens is 248 g/mol. The second kappa shape index (κ2) is 5.75. The largest absolute Gasteiger partial charge is 0.299 e. The van der Waals surface area contributed by atoms with Crippen LogP contribution >= 0.6 is 0 Å². The van der Waals surface area contributed by atoms with E-state index in [0.717, 1.165) is 36.8 Å². The summed E-state index contributed by atoms with van der Waals surface area (Å²) in [5.74, 6) is 3.81. The molecule has 1 aromatic carbocycles. The van der Waals surface area contributed by atoms with Gasteiger partial charge in [0.25, 0.3) is 0 Å². The Morgan fingerprint density at radius 1 is 1.16 bits per heavy atom. The molecule has 1 unspecified atom stereocenters. The summed E-state index contributed by atoms with van der Waals surface area (Å²) < 4.78 is 0. The summed E-state index contributed by atoms with van der Waals surface area (Å²) in [6.45, 7) is 6.73. The molecule has 1 aliphatic carbocycles. The van der Waals surface area contributed by atoms with Gasteiger partial charge in [0.15, 0.2) is 0 Å². The van der Waals surface area contributed by atoms with Gasteiger partial charge in [0.1, 0.15) is 13.9 Å². The smallest absolute Gasteiger partial charge is 0.140 e. The molecule has 0 aromatic heterocycles. The van der Waals surface area contributed by atoms with Crippen LogP contribution in [-0.2, 0) is 4.79 Å². The molecule has 19 heavy (non-hydrogen) atoms. The lowest BCUT2D eigenvalue weighted by molar-refractivity contribution is -0.121. The van der Waals surface area contributed by atoms with Crippen molar-refractivity contribution in [2.24, 2.45) is 0 Å². The molecule has 0 amide bonds. The maximum Gasteiger partial charge on any atom is 0.140 e. The molecule has 1 nitrogen and oxygen atoms in total. The van der Waals surface area contributed by atoms with Gasteiger partial charge in [-0.15, -0.1) is 5.54 Å². The quantitative estimate of drug-likeness (QED) is 0.553. The van der Waals surface area contributed by atoms with Crippen molar-refractivity contribution in [3.63, 3.8) is 0 Å². The third-order valence-electron chi connectivity index (χ3n) is 3.46. The first kappa shape index (κ1) is 14.1. The molecule has 1 atom stereocenters. The Labute approximate surface area is 117 Å². The zero-order valence-electron chi connectivity index (χ0n) is 12.1. The van der Waals surface area contributed by atoms with Crippen molar-refractivity contribution in [2.75, 3.05) is 0 Å². The predicted molar refractivity (Wildman–Crippen MR) is 82.9 cm³/mol. The summed E-state index contributed by atoms with van der Waals surface area (Å²) in [4.78, 5) is 12.1. The number of carbonyl (C=O) groups is 1. The van der Waals surface area contributed by atoms with Crippen molar-refractivity contribution in [1.29, 1.82) is 0 Å². The van der Waals surface area contributed by atoms with E-state index >= 15 is 0 Å². The molecule has 0 heterocycles. The highest BCUT2D eigenvalue weighted by Gasteiger charge is 2.25. The van der Waals surface area contributed by atoms with Crippen molar-refractivity contribution < 1.29 is 4.79 Å². The van der Waals surface area contributed by atoms with Gasteiger partial charge in [-0.3, -0.25) is 4.79 Å². The monoisotopic (exact) mass is 270 g/mol. The fourth-order valence-electron chi connectivity index (χ4n) is 2.48. The van der Waals surface area contributed by atoms with Gasteiger partial charge >= 0.3 is 0 Å². The van der Waals surface area contributed by atoms with E-state index in [1.165, 1.54) is 0 Å². The van der Waals surface area contributed by atoms with E-state index in [-0.39, 0.29) is 5.92 Å². The molecule has 1 aliphatic rings. The number of Topliss-reactive ketones (excluding diaryl/α,β-unsaturated/α-hetero) is 1. The highest BCUT2D eigenvalue weighted by Crippen LogP contribution is 2.31. The first-order valence-corrected chi connectivity index (χ1v) is 10.6. The number of carbonyl (C=O) groups excluding carboxylic acids is 1. The van der Waals surface area contributed by atoms with Crippen LogP contribution in [0.1, 0.15) is 42.7 Å². The molecule has 2 rings (SSSR count). The Morgan fingerprint density at radius 3 is 2.58 bits per heavy atom. The topological polar surface area (TPSA) is 17.1 Å². The van der Waals surface area contributed by atoms with Gasteiger partial charge in [-0.25, -0.2) is 0 Å². The maximum absolute atomic E-state index is 12.1. The summed E-state index contributed by atoms with van der Waals surface area (Å²) in [6.07, 6.45) is 3.94. The SMILES string of the molecule is C[Si](C)(C)C#Cc1ccccc1C1CCCCC1=O. The van der Waals surface area contributed by atoms with Gasteiger partial charge in [0, 0.05) is 17.9 Å². The molecule has 1 saturated carbocycles. The second-order valence-electron chi connectivity index (χ2n) is 6.35. The van der Waals surface area contributed by atoms with Crippen LogP contribution in [0.3, 0.4) is 0 Å². The Hall–Kier alpha value is -1.33. The lowest BCUT2D eigenvalue weighted by atomic mass is 9.81. The van der Waals surface area contributed by atoms with Crippen molar-refractivity contribution in [3.05, 3.63) is 35.4 Å². The van der Waals surface area contributed by atoms with E-state index in [2.05, 4.69) is 43.2 Å². The highest BCUT2D eigenvalue weighted by molar-refractivity contribution is 6.83. The zero-order chi connectivity index (χ0) is 13.9. The zero-order valence-corrected chi connectivity index (χ0v) is 13.1. The van der Waals surface area contributed by atoms with Gasteiger partial charge in [-0.2, -0.15) is 0 Å². The fraction of sp³-hybridized carbons (Fsp3) is 0.471. The summed E-state index contributed by atoms with van der Waals surface area (Å²) >= 11 is 0. The Morgan fingerprint density at radius 2 is 1.89 bits per heavy atom. The van der Waals surface area contributed by atoms with E-state index in [1.54, 1.807) is 0 Å². The molecule has 0 radical (unpaired) electrons. The number of hydrogen-bond acceptors (Lipinski definition) is 1. The van der Waals surface area contributed by atoms with E-state index in [1.807, 2.05) is 12.1 Å². The van der Waals surface area contributed by atoms with Gasteiger partial charge in [-0.1, -0.05) is 50.2 Å². The Balaban J connectivity index is 2.35. The van der Waals surface area contributed by atoms with Crippen LogP contribution in [0.2, 0.25) is 19.6 Å². The van der Waals surface area contributed by atoms with E-state index in [9.17, 15) is 4.79 Å². The van der Waals surface area contributed by atoms with Crippen LogP contribution in [0.4, 0.5) is 0 Å². The predicted octanol–water partition coefficient (Wildman–Crippen LogP) is 4.14. The van der Waals surface area contributed by atoms with Crippen LogP contribution < -0.4 is 0 Å². The van der Waals surface area contributed by atoms with Crippen molar-refractivity contribution in [2.45, 2.75) is 51.2 Å². The number of ketones is 1. The molecule has 0 bridgehead atoms. The molecule has 2 heteroatoms. The minimum atomic E-state index is -1.38. The van der Waals surface area contributed by atoms with Crippen LogP contribution in [-0.4, -0.2) is 13.9 Å². The molecule has 100 valence electrons. The Bertz CT molecular complexity index is 528. The molecule has 1 fully saturated rings. The average Bonchev–Trinajstić information content (AvgIpc) is 2.37. The minimum absolute atomic E-state index is 0.0842. The average molecular weight is 270 g/mol. The minimum Gasteiger partial charge on any atom is -0.299 e. The maximum atomic E-state index is 12.1. The van der Waals surface area contributed by atoms with Gasteiger partial charge in [0.05, 0.1) is 0 Å². The molecule has 0 aliphatic heterocycles. The van der Waals surface area contributed by atoms with E-state index in [4.69, 9.17) is 0 Å². The Kier molecular flexibility index (Phi) is 4.26. The van der Waals surface area contributed by atoms with Crippen LogP contribution in [0.15, 0.2) is 24.3 Å². The summed E-state index contributed by atoms with van der Waals surface area (Å²) in [5.41, 5.74) is 5.62. The van der Waals surface area contributed by atoms with Crippen molar-refractivity contribution >= 4 is 13.9 Å². The lowest BCUT2D eigenvalue weighted by Crippen LogP contribution is -2.18. The van der Waals surface area contributed by atoms with E-state index < -0.39 is 8.07 Å². The summed E-state index contributed by atoms with van der Waals surface area (Å²) in [7, 11) is -1.38. The molecular formula is C17H22OSi. The first-order chi connectivity index (χ1) is 8.97. The summed E-state index contributed by atoms with van der Waals surface area (Å²) in [6, 6.07) is 8.19.